The lowest BCUT2D eigenvalue weighted by molar-refractivity contribution is -0.132. The summed E-state index contributed by atoms with van der Waals surface area (Å²) < 4.78 is 1.98. The van der Waals surface area contributed by atoms with Gasteiger partial charge in [-0.3, -0.25) is 9.59 Å². The summed E-state index contributed by atoms with van der Waals surface area (Å²) in [4.78, 5) is 26.7. The van der Waals surface area contributed by atoms with Gasteiger partial charge in [0, 0.05) is 32.3 Å². The molecule has 23 heavy (non-hydrogen) atoms. The zero-order valence-electron chi connectivity index (χ0n) is 13.8. The second kappa shape index (κ2) is 7.02. The average molecular weight is 315 g/mol. The van der Waals surface area contributed by atoms with E-state index in [-0.39, 0.29) is 17.9 Å². The van der Waals surface area contributed by atoms with Gasteiger partial charge in [0.05, 0.1) is 6.04 Å². The van der Waals surface area contributed by atoms with Crippen molar-refractivity contribution in [3.8, 4) is 0 Å². The van der Waals surface area contributed by atoms with Crippen molar-refractivity contribution in [2.24, 2.45) is 0 Å². The third kappa shape index (κ3) is 3.49. The molecule has 0 aromatic carbocycles. The van der Waals surface area contributed by atoms with Crippen molar-refractivity contribution in [2.45, 2.75) is 45.1 Å². The van der Waals surface area contributed by atoms with E-state index in [2.05, 4.69) is 5.32 Å². The van der Waals surface area contributed by atoms with Crippen LogP contribution in [0.3, 0.4) is 0 Å². The molecule has 5 heteroatoms. The minimum absolute atomic E-state index is 0.0115. The molecule has 0 spiro atoms. The Labute approximate surface area is 137 Å². The van der Waals surface area contributed by atoms with Crippen LogP contribution < -0.4 is 5.32 Å². The van der Waals surface area contributed by atoms with Gasteiger partial charge in [0.25, 0.3) is 5.91 Å². The quantitative estimate of drug-likeness (QED) is 0.932. The van der Waals surface area contributed by atoms with Crippen LogP contribution >= 0.6 is 0 Å². The Morgan fingerprint density at radius 3 is 2.74 bits per heavy atom. The zero-order chi connectivity index (χ0) is 16.2. The number of aromatic nitrogens is 1. The number of hydrogen-bond donors (Lipinski definition) is 1. The number of rotatable bonds is 3. The predicted octanol–water partition coefficient (Wildman–Crippen LogP) is 2.60. The fourth-order valence-corrected chi connectivity index (χ4v) is 3.49. The van der Waals surface area contributed by atoms with E-state index in [1.807, 2.05) is 40.8 Å². The number of carbonyl (C=O) groups excluding carboxylic acids is 2. The molecule has 0 aliphatic carbocycles. The van der Waals surface area contributed by atoms with Gasteiger partial charge in [-0.1, -0.05) is 25.0 Å². The summed E-state index contributed by atoms with van der Waals surface area (Å²) in [5.41, 5.74) is 1.66. The molecular weight excluding hydrogens is 290 g/mol. The van der Waals surface area contributed by atoms with E-state index in [0.29, 0.717) is 18.7 Å². The van der Waals surface area contributed by atoms with Crippen LogP contribution in [-0.4, -0.2) is 40.9 Å². The number of nitrogens with zero attached hydrogens (tertiary/aromatic N) is 2. The summed E-state index contributed by atoms with van der Waals surface area (Å²) in [5.74, 6) is 0.152. The fourth-order valence-electron chi connectivity index (χ4n) is 3.49. The number of hydrogen-bond acceptors (Lipinski definition) is 2. The summed E-state index contributed by atoms with van der Waals surface area (Å²) in [5, 5.41) is 2.91. The zero-order valence-corrected chi connectivity index (χ0v) is 13.8. The lowest BCUT2D eigenvalue weighted by atomic mass is 10.1. The van der Waals surface area contributed by atoms with Gasteiger partial charge in [-0.05, 0) is 31.4 Å². The molecule has 124 valence electrons. The van der Waals surface area contributed by atoms with E-state index in [4.69, 9.17) is 0 Å². The molecule has 0 bridgehead atoms. The Morgan fingerprint density at radius 1 is 1.30 bits per heavy atom. The maximum Gasteiger partial charge on any atom is 0.268 e. The predicted molar refractivity (Wildman–Crippen MR) is 90.2 cm³/mol. The number of allylic oxidation sites excluding steroid dienone is 1. The third-order valence-electron chi connectivity index (χ3n) is 4.72. The number of likely N-dealkylation sites (tertiary alicyclic amines) is 1. The van der Waals surface area contributed by atoms with Crippen LogP contribution in [0.25, 0.3) is 6.08 Å². The van der Waals surface area contributed by atoms with E-state index in [9.17, 15) is 9.59 Å². The SMILES string of the molecule is C/C=C/c1cc2n(c1)C(CC(=O)N1CCCCCC1)CNC2=O. The highest BCUT2D eigenvalue weighted by atomic mass is 16.2. The van der Waals surface area contributed by atoms with E-state index >= 15 is 0 Å². The minimum atomic E-state index is -0.0563. The van der Waals surface area contributed by atoms with Crippen molar-refractivity contribution < 1.29 is 9.59 Å². The molecule has 3 heterocycles. The van der Waals surface area contributed by atoms with Gasteiger partial charge in [-0.2, -0.15) is 0 Å². The molecule has 1 atom stereocenters. The van der Waals surface area contributed by atoms with Gasteiger partial charge in [0.2, 0.25) is 5.91 Å². The van der Waals surface area contributed by atoms with Crippen LogP contribution in [0.2, 0.25) is 0 Å². The second-order valence-corrected chi connectivity index (χ2v) is 6.43. The Balaban J connectivity index is 1.75. The van der Waals surface area contributed by atoms with Gasteiger partial charge in [-0.25, -0.2) is 0 Å². The first kappa shape index (κ1) is 15.8. The highest BCUT2D eigenvalue weighted by Gasteiger charge is 2.28. The smallest absolute Gasteiger partial charge is 0.268 e. The summed E-state index contributed by atoms with van der Waals surface area (Å²) in [7, 11) is 0. The lowest BCUT2D eigenvalue weighted by Crippen LogP contribution is -2.41. The molecule has 2 aliphatic rings. The highest BCUT2D eigenvalue weighted by Crippen LogP contribution is 2.24. The molecule has 1 N–H and O–H groups in total. The maximum atomic E-state index is 12.6. The molecule has 1 aromatic rings. The molecule has 3 rings (SSSR count). The van der Waals surface area contributed by atoms with E-state index in [0.717, 1.165) is 31.5 Å². The second-order valence-electron chi connectivity index (χ2n) is 6.43. The molecule has 1 fully saturated rings. The maximum absolute atomic E-state index is 12.6. The molecule has 2 amide bonds. The van der Waals surface area contributed by atoms with E-state index in [1.54, 1.807) is 0 Å². The van der Waals surface area contributed by atoms with E-state index in [1.165, 1.54) is 12.8 Å². The van der Waals surface area contributed by atoms with Crippen LogP contribution in [0.4, 0.5) is 0 Å². The first-order chi connectivity index (χ1) is 11.2. The average Bonchev–Trinajstić information content (AvgIpc) is 2.79. The molecule has 1 unspecified atom stereocenters. The van der Waals surface area contributed by atoms with Gasteiger partial charge < -0.3 is 14.8 Å². The number of fused-ring (bicyclic) bond motifs is 1. The third-order valence-corrected chi connectivity index (χ3v) is 4.72. The first-order valence-corrected chi connectivity index (χ1v) is 8.59. The highest BCUT2D eigenvalue weighted by molar-refractivity contribution is 5.94. The van der Waals surface area contributed by atoms with Crippen LogP contribution in [-0.2, 0) is 4.79 Å². The standard InChI is InChI=1S/C18H25N3O2/c1-2-7-14-10-16-18(23)19-12-15(21(16)13-14)11-17(22)20-8-5-3-4-6-9-20/h2,7,10,13,15H,3-6,8-9,11-12H2,1H3,(H,19,23)/b7-2+. The van der Waals surface area contributed by atoms with Crippen LogP contribution in [0, 0.1) is 0 Å². The summed E-state index contributed by atoms with van der Waals surface area (Å²) in [6.45, 7) is 4.23. The monoisotopic (exact) mass is 315 g/mol. The van der Waals surface area contributed by atoms with Crippen molar-refractivity contribution in [1.29, 1.82) is 0 Å². The summed E-state index contributed by atoms with van der Waals surface area (Å²) in [6, 6.07) is 1.90. The molecule has 1 saturated heterocycles. The van der Waals surface area contributed by atoms with Crippen molar-refractivity contribution in [2.75, 3.05) is 19.6 Å². The van der Waals surface area contributed by atoms with Gasteiger partial charge in [-0.15, -0.1) is 0 Å². The fraction of sp³-hybridized carbons (Fsp3) is 0.556. The van der Waals surface area contributed by atoms with Gasteiger partial charge in [0.15, 0.2) is 0 Å². The van der Waals surface area contributed by atoms with Crippen molar-refractivity contribution in [1.82, 2.24) is 14.8 Å². The molecule has 0 saturated carbocycles. The normalized spacial score (nSPS) is 21.9. The Kier molecular flexibility index (Phi) is 4.84. The van der Waals surface area contributed by atoms with E-state index < -0.39 is 0 Å². The number of amides is 2. The van der Waals surface area contributed by atoms with Crippen molar-refractivity contribution in [3.63, 3.8) is 0 Å². The minimum Gasteiger partial charge on any atom is -0.349 e. The summed E-state index contributed by atoms with van der Waals surface area (Å²) >= 11 is 0. The molecule has 5 nitrogen and oxygen atoms in total. The first-order valence-electron chi connectivity index (χ1n) is 8.59. The molecule has 0 radical (unpaired) electrons. The van der Waals surface area contributed by atoms with Crippen molar-refractivity contribution in [3.05, 3.63) is 29.6 Å². The van der Waals surface area contributed by atoms with Gasteiger partial charge >= 0.3 is 0 Å². The van der Waals surface area contributed by atoms with Crippen LogP contribution in [0.15, 0.2) is 18.3 Å². The Morgan fingerprint density at radius 2 is 2.04 bits per heavy atom. The van der Waals surface area contributed by atoms with Crippen LogP contribution in [0.1, 0.15) is 61.1 Å². The summed E-state index contributed by atoms with van der Waals surface area (Å²) in [6.07, 6.45) is 11.0. The number of nitrogens with one attached hydrogen (secondary N) is 1. The van der Waals surface area contributed by atoms with Crippen LogP contribution in [0.5, 0.6) is 0 Å². The largest absolute Gasteiger partial charge is 0.349 e. The molecular formula is C18H25N3O2. The Hall–Kier alpha value is -2.04. The lowest BCUT2D eigenvalue weighted by Gasteiger charge is -2.28. The molecule has 2 aliphatic heterocycles. The van der Waals surface area contributed by atoms with Gasteiger partial charge in [0.1, 0.15) is 5.69 Å². The van der Waals surface area contributed by atoms with Crippen molar-refractivity contribution >= 4 is 17.9 Å². The number of carbonyl (C=O) groups is 2. The Bertz CT molecular complexity index is 610. The molecule has 1 aromatic heterocycles. The topological polar surface area (TPSA) is 54.3 Å².